The van der Waals surface area contributed by atoms with Gasteiger partial charge in [-0.3, -0.25) is 0 Å². The third kappa shape index (κ3) is 2.20. The molecule has 0 radical (unpaired) electrons. The monoisotopic (exact) mass is 279 g/mol. The second kappa shape index (κ2) is 4.52. The molecule has 0 spiro atoms. The van der Waals surface area contributed by atoms with Crippen LogP contribution in [0.5, 0.6) is 5.75 Å². The second-order valence-electron chi connectivity index (χ2n) is 3.67. The van der Waals surface area contributed by atoms with Gasteiger partial charge in [0.2, 0.25) is 10.0 Å². The number of hydrogen-bond acceptors (Lipinski definition) is 2. The first kappa shape index (κ1) is 12.2. The van der Waals surface area contributed by atoms with Gasteiger partial charge in [0.15, 0.2) is 0 Å². The van der Waals surface area contributed by atoms with E-state index < -0.39 is 10.0 Å². The SMILES string of the molecule is CCCN1c2ccccc2OC1C(Cl)(Cl)Cl. The minimum Gasteiger partial charge on any atom is -0.464 e. The lowest BCUT2D eigenvalue weighted by molar-refractivity contribution is 0.228. The van der Waals surface area contributed by atoms with Crippen LogP contribution < -0.4 is 9.64 Å². The average molecular weight is 281 g/mol. The van der Waals surface area contributed by atoms with Crippen molar-refractivity contribution in [2.24, 2.45) is 0 Å². The van der Waals surface area contributed by atoms with Gasteiger partial charge in [-0.05, 0) is 18.6 Å². The summed E-state index contributed by atoms with van der Waals surface area (Å²) in [6, 6.07) is 7.71. The smallest absolute Gasteiger partial charge is 0.246 e. The van der Waals surface area contributed by atoms with Crippen LogP contribution in [0, 0.1) is 0 Å². The van der Waals surface area contributed by atoms with Crippen LogP contribution in [-0.2, 0) is 0 Å². The average Bonchev–Trinajstić information content (AvgIpc) is 2.58. The van der Waals surface area contributed by atoms with Crippen LogP contribution in [0.15, 0.2) is 24.3 Å². The van der Waals surface area contributed by atoms with Gasteiger partial charge in [-0.2, -0.15) is 0 Å². The first-order chi connectivity index (χ1) is 7.54. The van der Waals surface area contributed by atoms with Gasteiger partial charge in [0.1, 0.15) is 5.75 Å². The zero-order valence-corrected chi connectivity index (χ0v) is 11.1. The normalized spacial score (nSPS) is 19.5. The Bertz CT molecular complexity index is 378. The van der Waals surface area contributed by atoms with Crippen molar-refractivity contribution >= 4 is 40.5 Å². The van der Waals surface area contributed by atoms with Crippen molar-refractivity contribution in [3.8, 4) is 5.75 Å². The Labute approximate surface area is 110 Å². The van der Waals surface area contributed by atoms with Gasteiger partial charge >= 0.3 is 0 Å². The highest BCUT2D eigenvalue weighted by Gasteiger charge is 2.44. The molecule has 2 rings (SSSR count). The zero-order chi connectivity index (χ0) is 11.8. The Balaban J connectivity index is 2.33. The molecule has 0 N–H and O–H groups in total. The number of ether oxygens (including phenoxy) is 1. The molecule has 0 amide bonds. The van der Waals surface area contributed by atoms with Crippen molar-refractivity contribution in [1.82, 2.24) is 0 Å². The number of anilines is 1. The van der Waals surface area contributed by atoms with Crippen LogP contribution in [0.1, 0.15) is 13.3 Å². The highest BCUT2D eigenvalue weighted by molar-refractivity contribution is 6.68. The number of rotatable bonds is 2. The van der Waals surface area contributed by atoms with Crippen molar-refractivity contribution < 1.29 is 4.74 Å². The lowest BCUT2D eigenvalue weighted by Crippen LogP contribution is -2.44. The second-order valence-corrected chi connectivity index (χ2v) is 6.04. The van der Waals surface area contributed by atoms with Crippen LogP contribution in [0.2, 0.25) is 0 Å². The number of benzene rings is 1. The van der Waals surface area contributed by atoms with E-state index in [1.54, 1.807) is 0 Å². The van der Waals surface area contributed by atoms with Gasteiger partial charge < -0.3 is 9.64 Å². The Morgan fingerprint density at radius 2 is 2.00 bits per heavy atom. The molecular weight excluding hydrogens is 268 g/mol. The largest absolute Gasteiger partial charge is 0.464 e. The van der Waals surface area contributed by atoms with E-state index in [0.29, 0.717) is 0 Å². The summed E-state index contributed by atoms with van der Waals surface area (Å²) in [5.74, 6) is 0.771. The fraction of sp³-hybridized carbons (Fsp3) is 0.455. The first-order valence-electron chi connectivity index (χ1n) is 5.13. The lowest BCUT2D eigenvalue weighted by atomic mass is 10.2. The number of para-hydroxylation sites is 2. The van der Waals surface area contributed by atoms with Crippen molar-refractivity contribution in [3.05, 3.63) is 24.3 Å². The van der Waals surface area contributed by atoms with Gasteiger partial charge in [0, 0.05) is 6.54 Å². The van der Waals surface area contributed by atoms with Crippen LogP contribution in [0.25, 0.3) is 0 Å². The van der Waals surface area contributed by atoms with Crippen molar-refractivity contribution in [3.63, 3.8) is 0 Å². The molecule has 1 aromatic rings. The van der Waals surface area contributed by atoms with E-state index in [4.69, 9.17) is 39.5 Å². The molecule has 0 saturated carbocycles. The van der Waals surface area contributed by atoms with Crippen molar-refractivity contribution in [2.75, 3.05) is 11.4 Å². The summed E-state index contributed by atoms with van der Waals surface area (Å²) in [6.45, 7) is 2.88. The predicted octanol–water partition coefficient (Wildman–Crippen LogP) is 3.99. The summed E-state index contributed by atoms with van der Waals surface area (Å²) in [5, 5.41) is 0. The van der Waals surface area contributed by atoms with Crippen LogP contribution in [0.3, 0.4) is 0 Å². The van der Waals surface area contributed by atoms with Gasteiger partial charge in [-0.1, -0.05) is 53.9 Å². The third-order valence-corrected chi connectivity index (χ3v) is 3.00. The van der Waals surface area contributed by atoms with Crippen LogP contribution in [0.4, 0.5) is 5.69 Å². The summed E-state index contributed by atoms with van der Waals surface area (Å²) >= 11 is 17.8. The minimum absolute atomic E-state index is 0.546. The molecule has 0 fully saturated rings. The van der Waals surface area contributed by atoms with Crippen LogP contribution >= 0.6 is 34.8 Å². The summed E-state index contributed by atoms with van der Waals surface area (Å²) in [7, 11) is 0. The van der Waals surface area contributed by atoms with E-state index in [0.717, 1.165) is 24.4 Å². The minimum atomic E-state index is -1.45. The quantitative estimate of drug-likeness (QED) is 0.760. The highest BCUT2D eigenvalue weighted by atomic mass is 35.6. The van der Waals surface area contributed by atoms with Gasteiger partial charge in [0.25, 0.3) is 0 Å². The molecule has 1 aliphatic heterocycles. The molecule has 0 aromatic heterocycles. The van der Waals surface area contributed by atoms with E-state index in [1.165, 1.54) is 0 Å². The molecule has 0 bridgehead atoms. The summed E-state index contributed by atoms with van der Waals surface area (Å²) in [4.78, 5) is 1.99. The molecule has 2 nitrogen and oxygen atoms in total. The topological polar surface area (TPSA) is 12.5 Å². The maximum absolute atomic E-state index is 5.92. The van der Waals surface area contributed by atoms with Crippen LogP contribution in [-0.4, -0.2) is 16.6 Å². The molecule has 1 aromatic carbocycles. The predicted molar refractivity (Wildman–Crippen MR) is 68.8 cm³/mol. The highest BCUT2D eigenvalue weighted by Crippen LogP contribution is 2.45. The maximum atomic E-state index is 5.92. The van der Waals surface area contributed by atoms with Gasteiger partial charge in [-0.25, -0.2) is 0 Å². The van der Waals surface area contributed by atoms with E-state index >= 15 is 0 Å². The first-order valence-corrected chi connectivity index (χ1v) is 6.26. The number of nitrogens with zero attached hydrogens (tertiary/aromatic N) is 1. The summed E-state index contributed by atoms with van der Waals surface area (Å²) in [6.07, 6.45) is 0.421. The van der Waals surface area contributed by atoms with Gasteiger partial charge in [0.05, 0.1) is 5.69 Å². The Hall–Kier alpha value is -0.310. The van der Waals surface area contributed by atoms with Crippen molar-refractivity contribution in [1.29, 1.82) is 0 Å². The molecule has 88 valence electrons. The fourth-order valence-corrected chi connectivity index (χ4v) is 2.31. The molecule has 16 heavy (non-hydrogen) atoms. The third-order valence-electron chi connectivity index (χ3n) is 2.44. The summed E-state index contributed by atoms with van der Waals surface area (Å²) < 4.78 is 4.22. The van der Waals surface area contributed by atoms with E-state index in [9.17, 15) is 0 Å². The number of hydrogen-bond donors (Lipinski definition) is 0. The molecule has 0 aliphatic carbocycles. The van der Waals surface area contributed by atoms with Gasteiger partial charge in [-0.15, -0.1) is 0 Å². The molecule has 1 heterocycles. The molecule has 1 atom stereocenters. The summed E-state index contributed by atoms with van der Waals surface area (Å²) in [5.41, 5.74) is 0.987. The van der Waals surface area contributed by atoms with E-state index in [-0.39, 0.29) is 0 Å². The fourth-order valence-electron chi connectivity index (χ4n) is 1.83. The number of halogens is 3. The molecule has 0 saturated heterocycles. The molecule has 1 unspecified atom stereocenters. The van der Waals surface area contributed by atoms with Crippen molar-refractivity contribution in [2.45, 2.75) is 23.4 Å². The Kier molecular flexibility index (Phi) is 3.43. The number of fused-ring (bicyclic) bond motifs is 1. The maximum Gasteiger partial charge on any atom is 0.246 e. The lowest BCUT2D eigenvalue weighted by Gasteiger charge is -2.29. The van der Waals surface area contributed by atoms with E-state index in [2.05, 4.69) is 6.92 Å². The zero-order valence-electron chi connectivity index (χ0n) is 8.79. The number of alkyl halides is 3. The van der Waals surface area contributed by atoms with E-state index in [1.807, 2.05) is 29.2 Å². The Morgan fingerprint density at radius 1 is 1.31 bits per heavy atom. The molecule has 5 heteroatoms. The molecule has 1 aliphatic rings. The standard InChI is InChI=1S/C11H12Cl3NO/c1-2-7-15-8-5-3-4-6-9(8)16-10(15)11(12,13)14/h3-6,10H,2,7H2,1H3. The Morgan fingerprint density at radius 3 is 2.62 bits per heavy atom. The molecular formula is C11H12Cl3NO.